The number of sulfone groups is 1. The van der Waals surface area contributed by atoms with Gasteiger partial charge in [-0.3, -0.25) is 9.59 Å². The highest BCUT2D eigenvalue weighted by atomic mass is 32.2. The van der Waals surface area contributed by atoms with Crippen LogP contribution in [0.15, 0.2) is 47.4 Å². The Morgan fingerprint density at radius 3 is 2.02 bits per heavy atom. The number of amides is 2. The molecule has 7 nitrogen and oxygen atoms in total. The second kappa shape index (κ2) is 11.2. The van der Waals surface area contributed by atoms with Crippen LogP contribution in [0.2, 0.25) is 0 Å². The van der Waals surface area contributed by atoms with Crippen molar-refractivity contribution >= 4 is 21.7 Å². The first-order valence-corrected chi connectivity index (χ1v) is 15.9. The van der Waals surface area contributed by atoms with Crippen molar-refractivity contribution in [3.63, 3.8) is 0 Å². The van der Waals surface area contributed by atoms with E-state index >= 15 is 4.39 Å². The molecule has 0 radical (unpaired) electrons. The number of carbonyl (C=O) groups is 2. The van der Waals surface area contributed by atoms with E-state index in [9.17, 15) is 53.8 Å². The molecule has 2 aromatic rings. The third-order valence-corrected chi connectivity index (χ3v) is 12.4. The molecule has 2 saturated heterocycles. The minimum Gasteiger partial charge on any atom is -0.395 e. The number of hydrogen-bond donors (Lipinski definition) is 1. The summed E-state index contributed by atoms with van der Waals surface area (Å²) in [5.74, 6) is -1.61. The van der Waals surface area contributed by atoms with Gasteiger partial charge in [-0.25, -0.2) is 17.2 Å². The van der Waals surface area contributed by atoms with Crippen LogP contribution in [-0.4, -0.2) is 79.8 Å². The van der Waals surface area contributed by atoms with Crippen LogP contribution >= 0.6 is 0 Å². The highest BCUT2D eigenvalue weighted by Crippen LogP contribution is 2.57. The van der Waals surface area contributed by atoms with Crippen molar-refractivity contribution in [2.75, 3.05) is 26.2 Å². The molecule has 2 aromatic carbocycles. The summed E-state index contributed by atoms with van der Waals surface area (Å²) < 4.78 is 137. The third-order valence-electron chi connectivity index (χ3n) is 9.85. The lowest BCUT2D eigenvalue weighted by atomic mass is 9.75. The second-order valence-electron chi connectivity index (χ2n) is 12.1. The number of halogens is 8. The first-order chi connectivity index (χ1) is 21.3. The Kier molecular flexibility index (Phi) is 8.27. The van der Waals surface area contributed by atoms with Crippen LogP contribution in [0.5, 0.6) is 0 Å². The summed E-state index contributed by atoms with van der Waals surface area (Å²) in [6, 6.07) is 3.88. The van der Waals surface area contributed by atoms with Crippen molar-refractivity contribution in [1.82, 2.24) is 9.80 Å². The van der Waals surface area contributed by atoms with Crippen molar-refractivity contribution in [2.45, 2.75) is 72.7 Å². The molecule has 16 heteroatoms. The first kappa shape index (κ1) is 34.1. The summed E-state index contributed by atoms with van der Waals surface area (Å²) >= 11 is 0. The van der Waals surface area contributed by atoms with Gasteiger partial charge in [-0.15, -0.1) is 0 Å². The molecule has 2 fully saturated rings. The lowest BCUT2D eigenvalue weighted by molar-refractivity contribution is -0.348. The van der Waals surface area contributed by atoms with Gasteiger partial charge in [0.1, 0.15) is 10.6 Å². The fraction of sp³-hybridized carbons (Fsp3) is 0.533. The summed E-state index contributed by atoms with van der Waals surface area (Å²) in [6.45, 7) is 0.819. The lowest BCUT2D eigenvalue weighted by Crippen LogP contribution is -2.57. The van der Waals surface area contributed by atoms with Gasteiger partial charge in [-0.2, -0.15) is 26.3 Å². The molecule has 2 heterocycles. The highest BCUT2D eigenvalue weighted by Gasteiger charge is 2.74. The number of rotatable bonds is 5. The van der Waals surface area contributed by atoms with E-state index in [0.717, 1.165) is 30.3 Å². The standard InChI is InChI=1S/C30H30F8N2O5S/c1-18(42)39-13-10-26(17-41,11-14-39)25(43)40-15-12-27(46(44,45)22-6-4-21(31)5-7-22)23-8-3-20(16-19(23)2-9-24(27)40)28(32,29(33,34)35)30(36,37)38/h3-8,16,24,41H,2,9-15,17H2,1H3/t24-,27-/m0/s1. The highest BCUT2D eigenvalue weighted by molar-refractivity contribution is 7.92. The van der Waals surface area contributed by atoms with E-state index < -0.39 is 72.9 Å². The van der Waals surface area contributed by atoms with Crippen LogP contribution in [0.4, 0.5) is 35.1 Å². The van der Waals surface area contributed by atoms with Crippen LogP contribution in [0.25, 0.3) is 0 Å². The predicted octanol–water partition coefficient (Wildman–Crippen LogP) is 4.95. The molecule has 2 atom stereocenters. The first-order valence-electron chi connectivity index (χ1n) is 14.4. The molecule has 0 unspecified atom stereocenters. The lowest BCUT2D eigenvalue weighted by Gasteiger charge is -2.46. The van der Waals surface area contributed by atoms with Gasteiger partial charge in [0.25, 0.3) is 0 Å². The number of fused-ring (bicyclic) bond motifs is 3. The maximum absolute atomic E-state index is 15.0. The number of alkyl halides is 7. The van der Waals surface area contributed by atoms with Crippen LogP contribution < -0.4 is 0 Å². The van der Waals surface area contributed by atoms with E-state index in [1.165, 1.54) is 16.7 Å². The molecular weight excluding hydrogens is 652 g/mol. The monoisotopic (exact) mass is 682 g/mol. The summed E-state index contributed by atoms with van der Waals surface area (Å²) in [6.07, 6.45) is -13.5. The Labute approximate surface area is 259 Å². The molecule has 0 spiro atoms. The molecule has 46 heavy (non-hydrogen) atoms. The largest absolute Gasteiger partial charge is 0.435 e. The second-order valence-corrected chi connectivity index (χ2v) is 14.3. The Bertz CT molecular complexity index is 1620. The van der Waals surface area contributed by atoms with E-state index in [0.29, 0.717) is 6.07 Å². The van der Waals surface area contributed by atoms with Crippen molar-refractivity contribution in [3.05, 3.63) is 65.0 Å². The number of benzene rings is 2. The molecule has 0 aromatic heterocycles. The number of piperidine rings is 1. The number of likely N-dealkylation sites (tertiary alicyclic amines) is 2. The summed E-state index contributed by atoms with van der Waals surface area (Å²) in [7, 11) is -4.65. The molecule has 2 amide bonds. The average Bonchev–Trinajstić information content (AvgIpc) is 3.40. The molecule has 1 aliphatic carbocycles. The van der Waals surface area contributed by atoms with Crippen LogP contribution in [-0.2, 0) is 36.3 Å². The van der Waals surface area contributed by atoms with Crippen molar-refractivity contribution in [3.8, 4) is 0 Å². The maximum atomic E-state index is 15.0. The minimum absolute atomic E-state index is 0.0657. The van der Waals surface area contributed by atoms with E-state index in [-0.39, 0.29) is 74.8 Å². The zero-order valence-corrected chi connectivity index (χ0v) is 25.2. The molecule has 2 aliphatic heterocycles. The van der Waals surface area contributed by atoms with Gasteiger partial charge < -0.3 is 14.9 Å². The number of aliphatic hydroxyl groups is 1. The number of nitrogens with zero attached hydrogens (tertiary/aromatic N) is 2. The third kappa shape index (κ3) is 4.88. The van der Waals surface area contributed by atoms with Crippen LogP contribution in [0.3, 0.4) is 0 Å². The zero-order valence-electron chi connectivity index (χ0n) is 24.4. The normalized spacial score (nSPS) is 23.6. The number of hydrogen-bond acceptors (Lipinski definition) is 5. The van der Waals surface area contributed by atoms with Gasteiger partial charge in [0.15, 0.2) is 9.84 Å². The minimum atomic E-state index is -6.39. The molecule has 3 aliphatic rings. The van der Waals surface area contributed by atoms with Gasteiger partial charge in [0.2, 0.25) is 11.8 Å². The van der Waals surface area contributed by atoms with E-state index in [4.69, 9.17) is 0 Å². The summed E-state index contributed by atoms with van der Waals surface area (Å²) in [5, 5.41) is 10.4. The molecular formula is C30H30F8N2O5S. The van der Waals surface area contributed by atoms with Crippen LogP contribution in [0, 0.1) is 11.2 Å². The summed E-state index contributed by atoms with van der Waals surface area (Å²) in [5.41, 5.74) is -9.34. The summed E-state index contributed by atoms with van der Waals surface area (Å²) in [4.78, 5) is 28.4. The smallest absolute Gasteiger partial charge is 0.395 e. The fourth-order valence-electron chi connectivity index (χ4n) is 7.29. The van der Waals surface area contributed by atoms with Crippen molar-refractivity contribution in [2.24, 2.45) is 5.41 Å². The Balaban J connectivity index is 1.65. The molecule has 1 N–H and O–H groups in total. The quantitative estimate of drug-likeness (QED) is 0.356. The van der Waals surface area contributed by atoms with Gasteiger partial charge in [-0.1, -0.05) is 18.2 Å². The Morgan fingerprint density at radius 1 is 0.913 bits per heavy atom. The Hall–Kier alpha value is -3.27. The molecule has 252 valence electrons. The topological polar surface area (TPSA) is 95.0 Å². The molecule has 0 bridgehead atoms. The predicted molar refractivity (Wildman–Crippen MR) is 146 cm³/mol. The van der Waals surface area contributed by atoms with Gasteiger partial charge >= 0.3 is 18.0 Å². The van der Waals surface area contributed by atoms with Gasteiger partial charge in [0, 0.05) is 32.1 Å². The maximum Gasteiger partial charge on any atom is 0.435 e. The molecule has 5 rings (SSSR count). The van der Waals surface area contributed by atoms with Crippen molar-refractivity contribution < 1.29 is 58.2 Å². The van der Waals surface area contributed by atoms with Crippen molar-refractivity contribution in [1.29, 1.82) is 0 Å². The van der Waals surface area contributed by atoms with Gasteiger partial charge in [-0.05, 0) is 67.5 Å². The van der Waals surface area contributed by atoms with E-state index in [1.807, 2.05) is 0 Å². The average molecular weight is 683 g/mol. The molecule has 0 saturated carbocycles. The Morgan fingerprint density at radius 2 is 1.50 bits per heavy atom. The zero-order chi connectivity index (χ0) is 34.1. The number of carbonyl (C=O) groups excluding carboxylic acids is 2. The van der Waals surface area contributed by atoms with Gasteiger partial charge in [0.05, 0.1) is 23.0 Å². The van der Waals surface area contributed by atoms with Crippen LogP contribution in [0.1, 0.15) is 49.3 Å². The van der Waals surface area contributed by atoms with E-state index in [2.05, 4.69) is 0 Å². The van der Waals surface area contributed by atoms with E-state index in [1.54, 1.807) is 0 Å². The fourth-order valence-corrected chi connectivity index (χ4v) is 9.66. The number of aliphatic hydroxyl groups excluding tert-OH is 1. The SMILES string of the molecule is CC(=O)N1CCC(CO)(C(=O)N2CC[C@]3(S(=O)(=O)c4ccc(F)cc4)c4ccc(C(F)(C(F)(F)F)C(F)(F)F)cc4CC[C@H]23)CC1. The number of aryl methyl sites for hydroxylation is 1.